The van der Waals surface area contributed by atoms with Crippen LogP contribution < -0.4 is 5.32 Å². The highest BCUT2D eigenvalue weighted by Gasteiger charge is 1.95. The minimum atomic E-state index is 0.390. The molecule has 1 heterocycles. The number of halogens is 1. The van der Waals surface area contributed by atoms with E-state index in [0.29, 0.717) is 25.0 Å². The number of hydrogen-bond acceptors (Lipinski definition) is 5. The Morgan fingerprint density at radius 1 is 1.38 bits per heavy atom. The standard InChI is InChI=1S/C10H16ClN3O2/c1-15-5-6-16-4-2-3-12-9-7-10(11)14-13-8-9/h7-8H,2-6H2,1H3,(H,12,14). The van der Waals surface area contributed by atoms with Gasteiger partial charge >= 0.3 is 0 Å². The summed E-state index contributed by atoms with van der Waals surface area (Å²) in [5.74, 6) is 0. The lowest BCUT2D eigenvalue weighted by atomic mass is 10.4. The fraction of sp³-hybridized carbons (Fsp3) is 0.600. The molecule has 0 bridgehead atoms. The van der Waals surface area contributed by atoms with Crippen molar-refractivity contribution < 1.29 is 9.47 Å². The minimum absolute atomic E-state index is 0.390. The normalized spacial score (nSPS) is 10.4. The number of hydrogen-bond donors (Lipinski definition) is 1. The lowest BCUT2D eigenvalue weighted by molar-refractivity contribution is 0.0705. The maximum Gasteiger partial charge on any atom is 0.153 e. The number of rotatable bonds is 8. The summed E-state index contributed by atoms with van der Waals surface area (Å²) < 4.78 is 10.2. The van der Waals surface area contributed by atoms with E-state index >= 15 is 0 Å². The first-order valence-electron chi connectivity index (χ1n) is 5.11. The molecule has 0 aliphatic carbocycles. The van der Waals surface area contributed by atoms with Gasteiger partial charge in [-0.3, -0.25) is 0 Å². The van der Waals surface area contributed by atoms with Crippen LogP contribution in [0.4, 0.5) is 5.69 Å². The van der Waals surface area contributed by atoms with Gasteiger partial charge in [0.25, 0.3) is 0 Å². The van der Waals surface area contributed by atoms with E-state index in [1.165, 1.54) is 0 Å². The summed E-state index contributed by atoms with van der Waals surface area (Å²) in [5.41, 5.74) is 0.872. The van der Waals surface area contributed by atoms with Crippen molar-refractivity contribution in [3.8, 4) is 0 Å². The van der Waals surface area contributed by atoms with Crippen LogP contribution in [0, 0.1) is 0 Å². The fourth-order valence-electron chi connectivity index (χ4n) is 1.09. The molecule has 1 rings (SSSR count). The third-order valence-corrected chi connectivity index (χ3v) is 2.04. The molecule has 0 saturated carbocycles. The molecule has 0 amide bonds. The number of ether oxygens (including phenoxy) is 2. The number of methoxy groups -OCH3 is 1. The van der Waals surface area contributed by atoms with Crippen LogP contribution in [0.15, 0.2) is 12.3 Å². The molecule has 5 nitrogen and oxygen atoms in total. The first-order valence-corrected chi connectivity index (χ1v) is 5.49. The smallest absolute Gasteiger partial charge is 0.153 e. The first kappa shape index (κ1) is 13.2. The molecule has 0 spiro atoms. The minimum Gasteiger partial charge on any atom is -0.384 e. The van der Waals surface area contributed by atoms with Crippen LogP contribution in [0.2, 0.25) is 5.15 Å². The molecule has 0 atom stereocenters. The van der Waals surface area contributed by atoms with Crippen molar-refractivity contribution in [1.82, 2.24) is 10.2 Å². The van der Waals surface area contributed by atoms with E-state index in [2.05, 4.69) is 15.5 Å². The van der Waals surface area contributed by atoms with Crippen LogP contribution in [0.1, 0.15) is 6.42 Å². The van der Waals surface area contributed by atoms with E-state index in [0.717, 1.165) is 18.7 Å². The lowest BCUT2D eigenvalue weighted by Crippen LogP contribution is -2.08. The monoisotopic (exact) mass is 245 g/mol. The maximum absolute atomic E-state index is 5.69. The van der Waals surface area contributed by atoms with E-state index in [9.17, 15) is 0 Å². The Bertz CT molecular complexity index is 299. The number of aromatic nitrogens is 2. The molecule has 16 heavy (non-hydrogen) atoms. The highest BCUT2D eigenvalue weighted by atomic mass is 35.5. The van der Waals surface area contributed by atoms with Crippen molar-refractivity contribution in [2.45, 2.75) is 6.42 Å². The maximum atomic E-state index is 5.69. The summed E-state index contributed by atoms with van der Waals surface area (Å²) in [5, 5.41) is 11.0. The van der Waals surface area contributed by atoms with Gasteiger partial charge in [0.05, 0.1) is 25.1 Å². The van der Waals surface area contributed by atoms with Crippen LogP contribution >= 0.6 is 11.6 Å². The van der Waals surface area contributed by atoms with Crippen LogP contribution in [0.3, 0.4) is 0 Å². The van der Waals surface area contributed by atoms with Crippen molar-refractivity contribution in [3.63, 3.8) is 0 Å². The Labute approximate surface area is 100 Å². The van der Waals surface area contributed by atoms with Gasteiger partial charge in [-0.05, 0) is 6.42 Å². The number of nitrogens with one attached hydrogen (secondary N) is 1. The highest BCUT2D eigenvalue weighted by molar-refractivity contribution is 6.29. The third-order valence-electron chi connectivity index (χ3n) is 1.85. The largest absolute Gasteiger partial charge is 0.384 e. The average molecular weight is 246 g/mol. The zero-order valence-electron chi connectivity index (χ0n) is 9.28. The van der Waals surface area contributed by atoms with Crippen molar-refractivity contribution in [3.05, 3.63) is 17.4 Å². The van der Waals surface area contributed by atoms with Gasteiger partial charge < -0.3 is 14.8 Å². The Kier molecular flexibility index (Phi) is 6.80. The quantitative estimate of drug-likeness (QED) is 0.705. The second-order valence-corrected chi connectivity index (χ2v) is 3.54. The molecule has 6 heteroatoms. The highest BCUT2D eigenvalue weighted by Crippen LogP contribution is 2.09. The van der Waals surface area contributed by atoms with Gasteiger partial charge in [-0.25, -0.2) is 0 Å². The zero-order valence-corrected chi connectivity index (χ0v) is 10.0. The van der Waals surface area contributed by atoms with E-state index in [-0.39, 0.29) is 0 Å². The van der Waals surface area contributed by atoms with Crippen LogP contribution in [0.5, 0.6) is 0 Å². The van der Waals surface area contributed by atoms with Crippen molar-refractivity contribution >= 4 is 17.3 Å². The van der Waals surface area contributed by atoms with Gasteiger partial charge in [-0.1, -0.05) is 11.6 Å². The molecular formula is C10H16ClN3O2. The number of nitrogens with zero attached hydrogens (tertiary/aromatic N) is 2. The molecule has 0 aliphatic heterocycles. The summed E-state index contributed by atoms with van der Waals surface area (Å²) in [6.07, 6.45) is 2.56. The summed E-state index contributed by atoms with van der Waals surface area (Å²) in [6, 6.07) is 1.74. The van der Waals surface area contributed by atoms with E-state index in [4.69, 9.17) is 21.1 Å². The van der Waals surface area contributed by atoms with Gasteiger partial charge in [-0.2, -0.15) is 5.10 Å². The summed E-state index contributed by atoms with van der Waals surface area (Å²) in [6.45, 7) is 2.80. The van der Waals surface area contributed by atoms with E-state index < -0.39 is 0 Å². The van der Waals surface area contributed by atoms with Crippen molar-refractivity contribution in [2.75, 3.05) is 38.8 Å². The predicted molar refractivity (Wildman–Crippen MR) is 62.8 cm³/mol. The fourth-order valence-corrected chi connectivity index (χ4v) is 1.25. The topological polar surface area (TPSA) is 56.3 Å². The molecule has 90 valence electrons. The van der Waals surface area contributed by atoms with Gasteiger partial charge in [0.1, 0.15) is 0 Å². The van der Waals surface area contributed by atoms with E-state index in [1.807, 2.05) is 0 Å². The molecular weight excluding hydrogens is 230 g/mol. The summed E-state index contributed by atoms with van der Waals surface area (Å²) in [7, 11) is 1.66. The number of anilines is 1. The molecule has 0 saturated heterocycles. The van der Waals surface area contributed by atoms with Crippen LogP contribution in [-0.4, -0.2) is 43.7 Å². The van der Waals surface area contributed by atoms with Crippen LogP contribution in [-0.2, 0) is 9.47 Å². The SMILES string of the molecule is COCCOCCCNc1cnnc(Cl)c1. The molecule has 0 unspecified atom stereocenters. The third kappa shape index (κ3) is 5.85. The van der Waals surface area contributed by atoms with Gasteiger partial charge in [0.15, 0.2) is 5.15 Å². The molecule has 1 aromatic heterocycles. The molecule has 1 aromatic rings. The van der Waals surface area contributed by atoms with Gasteiger partial charge in [0.2, 0.25) is 0 Å². The van der Waals surface area contributed by atoms with Crippen molar-refractivity contribution in [1.29, 1.82) is 0 Å². The molecule has 0 radical (unpaired) electrons. The van der Waals surface area contributed by atoms with Gasteiger partial charge in [-0.15, -0.1) is 5.10 Å². The predicted octanol–water partition coefficient (Wildman–Crippen LogP) is 1.59. The second kappa shape index (κ2) is 8.27. The summed E-state index contributed by atoms with van der Waals surface area (Å²) in [4.78, 5) is 0. The Morgan fingerprint density at radius 3 is 3.00 bits per heavy atom. The van der Waals surface area contributed by atoms with E-state index in [1.54, 1.807) is 19.4 Å². The zero-order chi connectivity index (χ0) is 11.6. The Balaban J connectivity index is 2.03. The van der Waals surface area contributed by atoms with Gasteiger partial charge in [0, 0.05) is 26.3 Å². The Morgan fingerprint density at radius 2 is 2.25 bits per heavy atom. The molecule has 0 fully saturated rings. The van der Waals surface area contributed by atoms with Crippen molar-refractivity contribution in [2.24, 2.45) is 0 Å². The molecule has 1 N–H and O–H groups in total. The average Bonchev–Trinajstić information content (AvgIpc) is 2.28. The summed E-state index contributed by atoms with van der Waals surface area (Å²) >= 11 is 5.69. The second-order valence-electron chi connectivity index (χ2n) is 3.15. The molecule has 0 aliphatic rings. The molecule has 0 aromatic carbocycles. The lowest BCUT2D eigenvalue weighted by Gasteiger charge is -2.06. The Hall–Kier alpha value is -0.910. The van der Waals surface area contributed by atoms with Crippen LogP contribution in [0.25, 0.3) is 0 Å². The first-order chi connectivity index (χ1) is 7.83.